The van der Waals surface area contributed by atoms with Gasteiger partial charge in [-0.15, -0.1) is 0 Å². The molecule has 0 aromatic carbocycles. The second-order valence-electron chi connectivity index (χ2n) is 3.43. The number of methoxy groups -OCH3 is 1. The van der Waals surface area contributed by atoms with E-state index in [9.17, 15) is 0 Å². The van der Waals surface area contributed by atoms with Crippen LogP contribution in [0, 0.1) is 5.92 Å². The quantitative estimate of drug-likeness (QED) is 0.502. The first-order valence-corrected chi connectivity index (χ1v) is 5.19. The van der Waals surface area contributed by atoms with Crippen LogP contribution in [-0.4, -0.2) is 51.7 Å². The predicted octanol–water partition coefficient (Wildman–Crippen LogP) is 0.258. The molecule has 14 heavy (non-hydrogen) atoms. The lowest BCUT2D eigenvalue weighted by atomic mass is 10.1. The Kier molecular flexibility index (Phi) is 10.8. The van der Waals surface area contributed by atoms with Crippen molar-refractivity contribution in [1.82, 2.24) is 5.32 Å². The number of ether oxygens (including phenoxy) is 2. The predicted molar refractivity (Wildman–Crippen MR) is 56.4 cm³/mol. The van der Waals surface area contributed by atoms with E-state index in [2.05, 4.69) is 12.2 Å². The molecule has 0 heterocycles. The smallest absolute Gasteiger partial charge is 0.0700 e. The fraction of sp³-hybridized carbons (Fsp3) is 1.00. The van der Waals surface area contributed by atoms with Crippen molar-refractivity contribution >= 4 is 0 Å². The lowest BCUT2D eigenvalue weighted by molar-refractivity contribution is 0.0716. The van der Waals surface area contributed by atoms with Crippen LogP contribution in [0.4, 0.5) is 0 Å². The van der Waals surface area contributed by atoms with Crippen molar-refractivity contribution in [2.45, 2.75) is 13.3 Å². The fourth-order valence-corrected chi connectivity index (χ4v) is 1.06. The van der Waals surface area contributed by atoms with Crippen molar-refractivity contribution in [2.75, 3.05) is 46.6 Å². The Morgan fingerprint density at radius 1 is 1.29 bits per heavy atom. The van der Waals surface area contributed by atoms with Gasteiger partial charge in [-0.3, -0.25) is 0 Å². The summed E-state index contributed by atoms with van der Waals surface area (Å²) in [4.78, 5) is 0. The summed E-state index contributed by atoms with van der Waals surface area (Å²) in [5.41, 5.74) is 0. The highest BCUT2D eigenvalue weighted by atomic mass is 16.5. The van der Waals surface area contributed by atoms with E-state index in [0.29, 0.717) is 19.1 Å². The van der Waals surface area contributed by atoms with Gasteiger partial charge in [-0.1, -0.05) is 6.92 Å². The van der Waals surface area contributed by atoms with Gasteiger partial charge in [-0.25, -0.2) is 0 Å². The van der Waals surface area contributed by atoms with Crippen molar-refractivity contribution in [2.24, 2.45) is 5.92 Å². The van der Waals surface area contributed by atoms with E-state index in [1.165, 1.54) is 0 Å². The van der Waals surface area contributed by atoms with Gasteiger partial charge in [0.15, 0.2) is 0 Å². The van der Waals surface area contributed by atoms with E-state index in [0.717, 1.165) is 26.1 Å². The molecule has 0 aliphatic heterocycles. The van der Waals surface area contributed by atoms with Gasteiger partial charge in [0.25, 0.3) is 0 Å². The summed E-state index contributed by atoms with van der Waals surface area (Å²) in [5, 5.41) is 11.9. The molecule has 86 valence electrons. The first kappa shape index (κ1) is 13.8. The Morgan fingerprint density at radius 3 is 2.71 bits per heavy atom. The maximum absolute atomic E-state index is 8.67. The maximum atomic E-state index is 8.67. The highest BCUT2D eigenvalue weighted by molar-refractivity contribution is 4.55. The highest BCUT2D eigenvalue weighted by Gasteiger charge is 1.99. The number of rotatable bonds is 10. The standard InChI is InChI=1S/C10H23NO3/c1-10(3-5-12)9-11-4-6-14-8-7-13-2/h10-12H,3-9H2,1-2H3. The zero-order chi connectivity index (χ0) is 10.6. The molecule has 1 unspecified atom stereocenters. The topological polar surface area (TPSA) is 50.7 Å². The lowest BCUT2D eigenvalue weighted by Gasteiger charge is -2.10. The van der Waals surface area contributed by atoms with Crippen LogP contribution in [0.1, 0.15) is 13.3 Å². The van der Waals surface area contributed by atoms with Crippen LogP contribution in [0.15, 0.2) is 0 Å². The Bertz CT molecular complexity index is 112. The molecular formula is C10H23NO3. The number of aliphatic hydroxyl groups excluding tert-OH is 1. The van der Waals surface area contributed by atoms with Crippen molar-refractivity contribution in [1.29, 1.82) is 0 Å². The number of hydrogen-bond acceptors (Lipinski definition) is 4. The summed E-state index contributed by atoms with van der Waals surface area (Å²) < 4.78 is 10.1. The van der Waals surface area contributed by atoms with E-state index >= 15 is 0 Å². The van der Waals surface area contributed by atoms with E-state index in [4.69, 9.17) is 14.6 Å². The van der Waals surface area contributed by atoms with Crippen LogP contribution in [0.2, 0.25) is 0 Å². The number of aliphatic hydroxyl groups is 1. The Hall–Kier alpha value is -0.160. The molecule has 0 radical (unpaired) electrons. The minimum atomic E-state index is 0.271. The molecule has 0 fully saturated rings. The Morgan fingerprint density at radius 2 is 2.07 bits per heavy atom. The summed E-state index contributed by atoms with van der Waals surface area (Å²) in [6.07, 6.45) is 0.859. The Balaban J connectivity index is 2.98. The fourth-order valence-electron chi connectivity index (χ4n) is 1.06. The minimum absolute atomic E-state index is 0.271. The Labute approximate surface area is 86.6 Å². The normalized spacial score (nSPS) is 13.1. The van der Waals surface area contributed by atoms with Gasteiger partial charge >= 0.3 is 0 Å². The molecule has 2 N–H and O–H groups in total. The molecule has 0 aliphatic rings. The van der Waals surface area contributed by atoms with Crippen molar-refractivity contribution in [3.05, 3.63) is 0 Å². The third-order valence-corrected chi connectivity index (χ3v) is 1.97. The molecule has 0 aliphatic carbocycles. The average molecular weight is 205 g/mol. The molecule has 1 atom stereocenters. The summed E-state index contributed by atoms with van der Waals surface area (Å²) in [6, 6.07) is 0. The average Bonchev–Trinajstić information content (AvgIpc) is 2.17. The molecule has 0 spiro atoms. The zero-order valence-electron chi connectivity index (χ0n) is 9.29. The SMILES string of the molecule is COCCOCCNCC(C)CCO. The zero-order valence-corrected chi connectivity index (χ0v) is 9.29. The molecular weight excluding hydrogens is 182 g/mol. The molecule has 0 rings (SSSR count). The van der Waals surface area contributed by atoms with Crippen LogP contribution in [0.3, 0.4) is 0 Å². The van der Waals surface area contributed by atoms with Gasteiger partial charge in [0.2, 0.25) is 0 Å². The number of nitrogens with one attached hydrogen (secondary N) is 1. The van der Waals surface area contributed by atoms with Crippen LogP contribution >= 0.6 is 0 Å². The minimum Gasteiger partial charge on any atom is -0.396 e. The van der Waals surface area contributed by atoms with Gasteiger partial charge in [0.05, 0.1) is 19.8 Å². The summed E-state index contributed by atoms with van der Waals surface area (Å²) in [7, 11) is 1.66. The van der Waals surface area contributed by atoms with E-state index < -0.39 is 0 Å². The second kappa shape index (κ2) is 10.9. The highest BCUT2D eigenvalue weighted by Crippen LogP contribution is 1.97. The van der Waals surface area contributed by atoms with Gasteiger partial charge in [-0.05, 0) is 18.9 Å². The third-order valence-electron chi connectivity index (χ3n) is 1.97. The van der Waals surface area contributed by atoms with E-state index in [-0.39, 0.29) is 6.61 Å². The van der Waals surface area contributed by atoms with Gasteiger partial charge < -0.3 is 19.9 Å². The maximum Gasteiger partial charge on any atom is 0.0700 e. The van der Waals surface area contributed by atoms with Crippen LogP contribution in [-0.2, 0) is 9.47 Å². The molecule has 0 aromatic heterocycles. The van der Waals surface area contributed by atoms with Crippen molar-refractivity contribution in [3.63, 3.8) is 0 Å². The molecule has 0 saturated heterocycles. The first-order chi connectivity index (χ1) is 6.81. The third kappa shape index (κ3) is 9.92. The molecule has 4 heteroatoms. The first-order valence-electron chi connectivity index (χ1n) is 5.19. The summed E-state index contributed by atoms with van der Waals surface area (Å²) in [5.74, 6) is 0.527. The molecule has 0 bridgehead atoms. The van der Waals surface area contributed by atoms with Gasteiger partial charge in [0, 0.05) is 20.3 Å². The van der Waals surface area contributed by atoms with Crippen molar-refractivity contribution < 1.29 is 14.6 Å². The van der Waals surface area contributed by atoms with Gasteiger partial charge in [-0.2, -0.15) is 0 Å². The summed E-state index contributed by atoms with van der Waals surface area (Å²) >= 11 is 0. The second-order valence-corrected chi connectivity index (χ2v) is 3.43. The molecule has 0 saturated carbocycles. The van der Waals surface area contributed by atoms with E-state index in [1.807, 2.05) is 0 Å². The van der Waals surface area contributed by atoms with Crippen LogP contribution in [0.5, 0.6) is 0 Å². The van der Waals surface area contributed by atoms with Crippen molar-refractivity contribution in [3.8, 4) is 0 Å². The molecule has 0 aromatic rings. The molecule has 4 nitrogen and oxygen atoms in total. The van der Waals surface area contributed by atoms with Crippen LogP contribution < -0.4 is 5.32 Å². The van der Waals surface area contributed by atoms with Crippen LogP contribution in [0.25, 0.3) is 0 Å². The van der Waals surface area contributed by atoms with E-state index in [1.54, 1.807) is 7.11 Å². The lowest BCUT2D eigenvalue weighted by Crippen LogP contribution is -2.26. The number of hydrogen-bond donors (Lipinski definition) is 2. The summed E-state index contributed by atoms with van der Waals surface area (Å²) in [6.45, 7) is 6.22. The van der Waals surface area contributed by atoms with Gasteiger partial charge in [0.1, 0.15) is 0 Å². The largest absolute Gasteiger partial charge is 0.396 e. The molecule has 0 amide bonds. The monoisotopic (exact) mass is 205 g/mol.